The molecule has 27 heavy (non-hydrogen) atoms. The predicted octanol–water partition coefficient (Wildman–Crippen LogP) is 2.04. The number of aryl methyl sites for hydroxylation is 1. The van der Waals surface area contributed by atoms with Crippen LogP contribution in [0.4, 0.5) is 5.69 Å². The fraction of sp³-hybridized carbons (Fsp3) is 0.619. The van der Waals surface area contributed by atoms with Crippen LogP contribution in [0.3, 0.4) is 0 Å². The van der Waals surface area contributed by atoms with E-state index in [-0.39, 0.29) is 5.91 Å². The average molecular weight is 390 g/mol. The molecule has 0 aromatic heterocycles. The van der Waals surface area contributed by atoms with Gasteiger partial charge in [0.2, 0.25) is 0 Å². The molecule has 0 bridgehead atoms. The Morgan fingerprint density at radius 2 is 1.96 bits per heavy atom. The smallest absolute Gasteiger partial charge is 0.278 e. The number of amides is 1. The number of hydrogen-bond acceptors (Lipinski definition) is 3. The molecule has 1 aliphatic carbocycles. The molecule has 1 saturated heterocycles. The van der Waals surface area contributed by atoms with Crippen LogP contribution in [-0.2, 0) is 4.79 Å². The molecule has 6 heteroatoms. The molecular formula is C21H30ClN4O+. The van der Waals surface area contributed by atoms with Crippen molar-refractivity contribution >= 4 is 23.2 Å². The van der Waals surface area contributed by atoms with E-state index in [1.807, 2.05) is 19.2 Å². The van der Waals surface area contributed by atoms with Crippen molar-refractivity contribution in [1.29, 1.82) is 5.26 Å². The van der Waals surface area contributed by atoms with Gasteiger partial charge in [-0.3, -0.25) is 4.79 Å². The number of nitrogens with one attached hydrogen (secondary N) is 1. The minimum absolute atomic E-state index is 0.0980. The molecule has 1 aliphatic heterocycles. The molecule has 0 radical (unpaired) electrons. The minimum Gasteiger partial charge on any atom is -0.360 e. The van der Waals surface area contributed by atoms with E-state index in [4.69, 9.17) is 11.6 Å². The third-order valence-corrected chi connectivity index (χ3v) is 6.52. The van der Waals surface area contributed by atoms with Gasteiger partial charge in [0.25, 0.3) is 5.91 Å². The van der Waals surface area contributed by atoms with Gasteiger partial charge in [-0.05, 0) is 37.5 Å². The maximum Gasteiger partial charge on any atom is 0.278 e. The highest BCUT2D eigenvalue weighted by atomic mass is 35.5. The summed E-state index contributed by atoms with van der Waals surface area (Å²) >= 11 is 6.16. The first-order valence-electron chi connectivity index (χ1n) is 9.98. The molecule has 0 atom stereocenters. The zero-order valence-corrected chi connectivity index (χ0v) is 17.2. The second kappa shape index (κ2) is 8.50. The molecule has 1 amide bonds. The number of hydrogen-bond donors (Lipinski definition) is 1. The van der Waals surface area contributed by atoms with Gasteiger partial charge in [0.15, 0.2) is 6.54 Å². The molecule has 1 saturated carbocycles. The number of nitriles is 1. The quantitative estimate of drug-likeness (QED) is 0.857. The summed E-state index contributed by atoms with van der Waals surface area (Å²) in [6, 6.07) is 8.46. The maximum absolute atomic E-state index is 12.8. The van der Waals surface area contributed by atoms with Gasteiger partial charge in [-0.15, -0.1) is 0 Å². The number of rotatable bonds is 4. The van der Waals surface area contributed by atoms with E-state index in [0.717, 1.165) is 56.9 Å². The summed E-state index contributed by atoms with van der Waals surface area (Å²) < 4.78 is 0. The van der Waals surface area contributed by atoms with Gasteiger partial charge >= 0.3 is 0 Å². The van der Waals surface area contributed by atoms with Gasteiger partial charge < -0.3 is 14.7 Å². The number of benzene rings is 1. The van der Waals surface area contributed by atoms with E-state index in [2.05, 4.69) is 24.0 Å². The van der Waals surface area contributed by atoms with E-state index < -0.39 is 5.54 Å². The third kappa shape index (κ3) is 4.39. The highest BCUT2D eigenvalue weighted by Gasteiger charge is 2.40. The SMILES string of the molecule is Cc1ccc(Cl)cc1N1CC[NH+](CC(=O)N(C)C2(C#N)CCCCC2)CC1. The first-order valence-corrected chi connectivity index (χ1v) is 10.4. The van der Waals surface area contributed by atoms with Crippen molar-refractivity contribution in [3.05, 3.63) is 28.8 Å². The molecule has 146 valence electrons. The summed E-state index contributed by atoms with van der Waals surface area (Å²) in [5.41, 5.74) is 1.83. The van der Waals surface area contributed by atoms with Crippen LogP contribution in [0.15, 0.2) is 18.2 Å². The minimum atomic E-state index is -0.589. The van der Waals surface area contributed by atoms with Crippen LogP contribution < -0.4 is 9.80 Å². The summed E-state index contributed by atoms with van der Waals surface area (Å²) in [5, 5.41) is 10.5. The van der Waals surface area contributed by atoms with Crippen molar-refractivity contribution in [1.82, 2.24) is 4.90 Å². The van der Waals surface area contributed by atoms with Crippen molar-refractivity contribution in [3.8, 4) is 6.07 Å². The topological polar surface area (TPSA) is 51.8 Å². The fourth-order valence-electron chi connectivity index (χ4n) is 4.39. The number of piperazine rings is 1. The van der Waals surface area contributed by atoms with Crippen LogP contribution >= 0.6 is 11.6 Å². The molecule has 1 heterocycles. The van der Waals surface area contributed by atoms with Crippen LogP contribution in [-0.4, -0.2) is 56.1 Å². The highest BCUT2D eigenvalue weighted by molar-refractivity contribution is 6.30. The summed E-state index contributed by atoms with van der Waals surface area (Å²) in [7, 11) is 1.82. The van der Waals surface area contributed by atoms with Crippen molar-refractivity contribution in [2.75, 3.05) is 44.7 Å². The van der Waals surface area contributed by atoms with Crippen molar-refractivity contribution in [3.63, 3.8) is 0 Å². The summed E-state index contributed by atoms with van der Waals surface area (Å²) in [4.78, 5) is 18.2. The molecule has 1 aromatic rings. The second-order valence-corrected chi connectivity index (χ2v) is 8.44. The number of anilines is 1. The van der Waals surface area contributed by atoms with E-state index in [9.17, 15) is 10.1 Å². The van der Waals surface area contributed by atoms with E-state index >= 15 is 0 Å². The molecular weight excluding hydrogens is 360 g/mol. The number of nitrogens with zero attached hydrogens (tertiary/aromatic N) is 3. The highest BCUT2D eigenvalue weighted by Crippen LogP contribution is 2.32. The predicted molar refractivity (Wildman–Crippen MR) is 108 cm³/mol. The van der Waals surface area contributed by atoms with Crippen LogP contribution in [0.25, 0.3) is 0 Å². The lowest BCUT2D eigenvalue weighted by atomic mass is 9.81. The first kappa shape index (κ1) is 20.0. The summed E-state index contributed by atoms with van der Waals surface area (Å²) in [5.74, 6) is 0.0980. The molecule has 1 N–H and O–H groups in total. The largest absolute Gasteiger partial charge is 0.360 e. The standard InChI is InChI=1S/C21H29ClN4O/c1-17-6-7-18(22)14-19(17)26-12-10-25(11-13-26)15-20(27)24(2)21(16-23)8-4-3-5-9-21/h6-7,14H,3-5,8-13,15H2,1-2H3/p+1. The van der Waals surface area contributed by atoms with Crippen molar-refractivity contribution in [2.24, 2.45) is 0 Å². The molecule has 3 rings (SSSR count). The Morgan fingerprint density at radius 3 is 2.59 bits per heavy atom. The van der Waals surface area contributed by atoms with Crippen LogP contribution in [0.2, 0.25) is 5.02 Å². The third-order valence-electron chi connectivity index (χ3n) is 6.29. The number of quaternary nitrogens is 1. The van der Waals surface area contributed by atoms with Crippen LogP contribution in [0.1, 0.15) is 37.7 Å². The lowest BCUT2D eigenvalue weighted by Crippen LogP contribution is -3.16. The Bertz CT molecular complexity index is 715. The zero-order valence-electron chi connectivity index (χ0n) is 16.4. The number of likely N-dealkylation sites (N-methyl/N-ethyl adjacent to an activating group) is 1. The van der Waals surface area contributed by atoms with E-state index in [1.54, 1.807) is 4.90 Å². The van der Waals surface area contributed by atoms with Crippen LogP contribution in [0, 0.1) is 18.3 Å². The Hall–Kier alpha value is -1.77. The van der Waals surface area contributed by atoms with E-state index in [0.29, 0.717) is 6.54 Å². The Balaban J connectivity index is 1.56. The molecule has 0 spiro atoms. The van der Waals surface area contributed by atoms with Crippen LogP contribution in [0.5, 0.6) is 0 Å². The van der Waals surface area contributed by atoms with Gasteiger partial charge in [0.05, 0.1) is 32.2 Å². The van der Waals surface area contributed by atoms with Gasteiger partial charge in [-0.25, -0.2) is 0 Å². The summed E-state index contributed by atoms with van der Waals surface area (Å²) in [6.45, 7) is 6.25. The van der Waals surface area contributed by atoms with Gasteiger partial charge in [-0.2, -0.15) is 5.26 Å². The van der Waals surface area contributed by atoms with Gasteiger partial charge in [0.1, 0.15) is 5.54 Å². The lowest BCUT2D eigenvalue weighted by molar-refractivity contribution is -0.892. The first-order chi connectivity index (χ1) is 12.9. The number of carbonyl (C=O) groups is 1. The fourth-order valence-corrected chi connectivity index (χ4v) is 4.56. The normalized spacial score (nSPS) is 20.1. The molecule has 5 nitrogen and oxygen atoms in total. The maximum atomic E-state index is 12.8. The average Bonchev–Trinajstić information content (AvgIpc) is 2.70. The van der Waals surface area contributed by atoms with Crippen molar-refractivity contribution < 1.29 is 9.69 Å². The monoisotopic (exact) mass is 389 g/mol. The number of halogens is 1. The van der Waals surface area contributed by atoms with Gasteiger partial charge in [-0.1, -0.05) is 36.9 Å². The van der Waals surface area contributed by atoms with E-state index in [1.165, 1.54) is 22.6 Å². The zero-order chi connectivity index (χ0) is 19.4. The van der Waals surface area contributed by atoms with Crippen molar-refractivity contribution in [2.45, 2.75) is 44.6 Å². The molecule has 2 aliphatic rings. The summed E-state index contributed by atoms with van der Waals surface area (Å²) in [6.07, 6.45) is 4.86. The Labute approximate surface area is 167 Å². The number of carbonyl (C=O) groups excluding carboxylic acids is 1. The van der Waals surface area contributed by atoms with Gasteiger partial charge in [0, 0.05) is 17.8 Å². The second-order valence-electron chi connectivity index (χ2n) is 8.00. The molecule has 0 unspecified atom stereocenters. The Kier molecular flexibility index (Phi) is 6.29. The Morgan fingerprint density at radius 1 is 1.30 bits per heavy atom. The molecule has 2 fully saturated rings. The lowest BCUT2D eigenvalue weighted by Gasteiger charge is -2.40. The molecule has 1 aromatic carbocycles.